The number of imidazole rings is 1. The number of rotatable bonds is 6. The third-order valence-corrected chi connectivity index (χ3v) is 6.50. The van der Waals surface area contributed by atoms with Crippen molar-refractivity contribution in [2.24, 2.45) is 5.92 Å². The van der Waals surface area contributed by atoms with E-state index in [4.69, 9.17) is 4.98 Å². The second-order valence-corrected chi connectivity index (χ2v) is 10.0. The molecule has 5 heteroatoms. The van der Waals surface area contributed by atoms with Gasteiger partial charge < -0.3 is 15.2 Å². The lowest BCUT2D eigenvalue weighted by molar-refractivity contribution is 0.210. The Balaban J connectivity index is 1.27. The van der Waals surface area contributed by atoms with Gasteiger partial charge in [0.2, 0.25) is 0 Å². The average molecular weight is 408 g/mol. The number of aromatic nitrogens is 2. The van der Waals surface area contributed by atoms with Crippen molar-refractivity contribution in [2.45, 2.75) is 58.0 Å². The molecule has 0 radical (unpaired) electrons. The first-order valence-electron chi connectivity index (χ1n) is 11.5. The molecule has 0 saturated carbocycles. The number of H-pyrrole nitrogens is 1. The Morgan fingerprint density at radius 1 is 1.20 bits per heavy atom. The molecular formula is C25H37N5. The molecule has 1 aromatic carbocycles. The molecule has 162 valence electrons. The van der Waals surface area contributed by atoms with E-state index in [1.807, 2.05) is 0 Å². The van der Waals surface area contributed by atoms with Gasteiger partial charge in [-0.05, 0) is 87.5 Å². The molecule has 30 heavy (non-hydrogen) atoms. The van der Waals surface area contributed by atoms with Crippen LogP contribution in [0.4, 0.5) is 0 Å². The van der Waals surface area contributed by atoms with E-state index in [1.54, 1.807) is 0 Å². The maximum Gasteiger partial charge on any atom is 0.139 e. The maximum atomic E-state index is 4.78. The summed E-state index contributed by atoms with van der Waals surface area (Å²) in [4.78, 5) is 10.7. The van der Waals surface area contributed by atoms with Crippen LogP contribution in [-0.2, 0) is 5.41 Å². The molecule has 5 nitrogen and oxygen atoms in total. The van der Waals surface area contributed by atoms with Gasteiger partial charge in [-0.3, -0.25) is 5.32 Å². The molecule has 0 aliphatic carbocycles. The zero-order valence-electron chi connectivity index (χ0n) is 19.0. The third kappa shape index (κ3) is 5.13. The number of hydrogen-bond acceptors (Lipinski definition) is 4. The van der Waals surface area contributed by atoms with Gasteiger partial charge >= 0.3 is 0 Å². The average Bonchev–Trinajstić information content (AvgIpc) is 3.16. The van der Waals surface area contributed by atoms with Gasteiger partial charge in [0, 0.05) is 11.8 Å². The molecule has 1 saturated heterocycles. The highest BCUT2D eigenvalue weighted by Gasteiger charge is 2.17. The van der Waals surface area contributed by atoms with Crippen molar-refractivity contribution in [3.63, 3.8) is 0 Å². The highest BCUT2D eigenvalue weighted by molar-refractivity contribution is 5.82. The Morgan fingerprint density at radius 3 is 2.70 bits per heavy atom. The summed E-state index contributed by atoms with van der Waals surface area (Å²) in [5.74, 6) is 1.83. The summed E-state index contributed by atoms with van der Waals surface area (Å²) >= 11 is 0. The molecule has 2 aromatic rings. The lowest BCUT2D eigenvalue weighted by Crippen LogP contribution is -2.40. The van der Waals surface area contributed by atoms with E-state index in [9.17, 15) is 0 Å². The molecule has 3 N–H and O–H groups in total. The van der Waals surface area contributed by atoms with Crippen molar-refractivity contribution >= 4 is 16.6 Å². The van der Waals surface area contributed by atoms with E-state index < -0.39 is 0 Å². The fraction of sp³-hybridized carbons (Fsp3) is 0.560. The molecule has 1 atom stereocenters. The largest absolute Gasteiger partial charge is 0.372 e. The minimum atomic E-state index is 0.136. The molecule has 2 aliphatic rings. The van der Waals surface area contributed by atoms with E-state index in [0.29, 0.717) is 0 Å². The second kappa shape index (κ2) is 8.94. The lowest BCUT2D eigenvalue weighted by Gasteiger charge is -2.29. The van der Waals surface area contributed by atoms with Crippen LogP contribution in [0.5, 0.6) is 0 Å². The summed E-state index contributed by atoms with van der Waals surface area (Å²) < 4.78 is 0. The van der Waals surface area contributed by atoms with Crippen LogP contribution in [0.2, 0.25) is 0 Å². The van der Waals surface area contributed by atoms with Crippen LogP contribution in [0.3, 0.4) is 0 Å². The van der Waals surface area contributed by atoms with Crippen molar-refractivity contribution in [1.29, 1.82) is 0 Å². The first-order chi connectivity index (χ1) is 14.4. The van der Waals surface area contributed by atoms with Crippen molar-refractivity contribution in [1.82, 2.24) is 25.5 Å². The highest BCUT2D eigenvalue weighted by Crippen LogP contribution is 2.27. The van der Waals surface area contributed by atoms with Crippen LogP contribution in [0.25, 0.3) is 16.6 Å². The van der Waals surface area contributed by atoms with Crippen LogP contribution >= 0.6 is 0 Å². The van der Waals surface area contributed by atoms with Gasteiger partial charge in [0.15, 0.2) is 0 Å². The van der Waals surface area contributed by atoms with Crippen LogP contribution in [0.1, 0.15) is 57.8 Å². The number of piperidine rings is 1. The van der Waals surface area contributed by atoms with Crippen LogP contribution in [0, 0.1) is 5.92 Å². The van der Waals surface area contributed by atoms with Crippen LogP contribution in [0.15, 0.2) is 36.6 Å². The number of aromatic amines is 1. The fourth-order valence-corrected chi connectivity index (χ4v) is 4.37. The number of likely N-dealkylation sites (tertiary alicyclic amines) is 1. The smallest absolute Gasteiger partial charge is 0.139 e. The quantitative estimate of drug-likeness (QED) is 0.621. The monoisotopic (exact) mass is 407 g/mol. The van der Waals surface area contributed by atoms with Crippen LogP contribution in [-0.4, -0.2) is 47.7 Å². The molecular weight excluding hydrogens is 370 g/mol. The molecule has 0 bridgehead atoms. The molecule has 2 aliphatic heterocycles. The lowest BCUT2D eigenvalue weighted by atomic mass is 9.87. The van der Waals surface area contributed by atoms with Crippen molar-refractivity contribution in [3.05, 3.63) is 47.9 Å². The predicted molar refractivity (Wildman–Crippen MR) is 126 cm³/mol. The molecule has 0 amide bonds. The number of nitrogens with one attached hydrogen (secondary N) is 3. The molecule has 1 fully saturated rings. The van der Waals surface area contributed by atoms with Gasteiger partial charge in [-0.25, -0.2) is 4.98 Å². The Hall–Kier alpha value is -2.11. The van der Waals surface area contributed by atoms with Gasteiger partial charge in [-0.2, -0.15) is 0 Å². The topological polar surface area (TPSA) is 56.0 Å². The Bertz CT molecular complexity index is 909. The van der Waals surface area contributed by atoms with Gasteiger partial charge in [0.05, 0.1) is 17.2 Å². The predicted octanol–water partition coefficient (Wildman–Crippen LogP) is 4.40. The molecule has 4 rings (SSSR count). The second-order valence-electron chi connectivity index (χ2n) is 10.0. The Morgan fingerprint density at radius 2 is 2.00 bits per heavy atom. The summed E-state index contributed by atoms with van der Waals surface area (Å²) in [5, 5.41) is 7.07. The minimum absolute atomic E-state index is 0.136. The summed E-state index contributed by atoms with van der Waals surface area (Å²) in [6, 6.07) is 6.52. The van der Waals surface area contributed by atoms with Crippen molar-refractivity contribution < 1.29 is 0 Å². The van der Waals surface area contributed by atoms with E-state index in [0.717, 1.165) is 34.9 Å². The SMILES string of the molecule is CN1CCC(CCCNC2C=CC(c3nc4ccc(C(C)(C)C)cc4[nH]3)=CN2)CC1. The van der Waals surface area contributed by atoms with E-state index in [1.165, 1.54) is 44.3 Å². The Labute approximate surface area is 181 Å². The van der Waals surface area contributed by atoms with E-state index in [2.05, 4.69) is 84.9 Å². The van der Waals surface area contributed by atoms with Crippen molar-refractivity contribution in [2.75, 3.05) is 26.7 Å². The first kappa shape index (κ1) is 21.1. The molecule has 1 unspecified atom stereocenters. The highest BCUT2D eigenvalue weighted by atomic mass is 15.1. The summed E-state index contributed by atoms with van der Waals surface area (Å²) in [7, 11) is 2.23. The normalized spacial score (nSPS) is 21.1. The number of nitrogens with zero attached hydrogens (tertiary/aromatic N) is 2. The Kier molecular flexibility index (Phi) is 6.30. The molecule has 0 spiro atoms. The summed E-state index contributed by atoms with van der Waals surface area (Å²) in [6.07, 6.45) is 11.9. The number of hydrogen-bond donors (Lipinski definition) is 3. The van der Waals surface area contributed by atoms with E-state index in [-0.39, 0.29) is 11.6 Å². The molecule has 1 aromatic heterocycles. The summed E-state index contributed by atoms with van der Waals surface area (Å²) in [5.41, 5.74) is 4.66. The fourth-order valence-electron chi connectivity index (χ4n) is 4.37. The number of fused-ring (bicyclic) bond motifs is 1. The zero-order chi connectivity index (χ0) is 21.1. The number of benzene rings is 1. The third-order valence-electron chi connectivity index (χ3n) is 6.50. The number of allylic oxidation sites excluding steroid dienone is 2. The maximum absolute atomic E-state index is 4.78. The van der Waals surface area contributed by atoms with Crippen molar-refractivity contribution in [3.8, 4) is 0 Å². The van der Waals surface area contributed by atoms with Gasteiger partial charge in [-0.1, -0.05) is 32.9 Å². The van der Waals surface area contributed by atoms with Gasteiger partial charge in [-0.15, -0.1) is 0 Å². The standard InChI is InChI=1S/C25H37N5/c1-25(2,3)20-8-9-21-22(16-20)29-24(28-21)19-7-10-23(27-17-19)26-13-5-6-18-11-14-30(4)15-12-18/h7-10,16-18,23,26-27H,5-6,11-15H2,1-4H3,(H,28,29). The van der Waals surface area contributed by atoms with E-state index >= 15 is 0 Å². The first-order valence-corrected chi connectivity index (χ1v) is 11.5. The summed E-state index contributed by atoms with van der Waals surface area (Å²) in [6.45, 7) is 10.3. The minimum Gasteiger partial charge on any atom is -0.372 e. The van der Waals surface area contributed by atoms with Gasteiger partial charge in [0.25, 0.3) is 0 Å². The molecule has 3 heterocycles. The van der Waals surface area contributed by atoms with Gasteiger partial charge in [0.1, 0.15) is 5.82 Å². The zero-order valence-corrected chi connectivity index (χ0v) is 19.0. The number of dihydropyridines is 1. The van der Waals surface area contributed by atoms with Crippen LogP contribution < -0.4 is 10.6 Å².